The molecule has 1 saturated heterocycles. The molecule has 1 N–H and O–H groups in total. The van der Waals surface area contributed by atoms with Gasteiger partial charge in [-0.25, -0.2) is 9.97 Å². The highest BCUT2D eigenvalue weighted by molar-refractivity contribution is 5.57. The first-order valence-corrected chi connectivity index (χ1v) is 6.77. The summed E-state index contributed by atoms with van der Waals surface area (Å²) in [5.41, 5.74) is 3.05. The van der Waals surface area contributed by atoms with Crippen LogP contribution in [0, 0.1) is 12.8 Å². The van der Waals surface area contributed by atoms with Gasteiger partial charge in [0.05, 0.1) is 5.69 Å². The predicted octanol–water partition coefficient (Wildman–Crippen LogP) is 2.00. The fraction of sp³-hybridized carbons (Fsp3) is 0.400. The topological polar surface area (TPSA) is 50.7 Å². The van der Waals surface area contributed by atoms with Crippen LogP contribution in [-0.4, -0.2) is 28.0 Å². The summed E-state index contributed by atoms with van der Waals surface area (Å²) in [6, 6.07) is 6.00. The number of nitrogens with zero attached hydrogens (tertiary/aromatic N) is 3. The molecule has 1 fully saturated rings. The zero-order chi connectivity index (χ0) is 13.1. The monoisotopic (exact) mass is 254 g/mol. The summed E-state index contributed by atoms with van der Waals surface area (Å²) in [6.07, 6.45) is 5.81. The second-order valence-corrected chi connectivity index (χ2v) is 5.12. The van der Waals surface area contributed by atoms with Crippen molar-refractivity contribution in [3.05, 3.63) is 42.1 Å². The van der Waals surface area contributed by atoms with Gasteiger partial charge in [0.25, 0.3) is 0 Å². The van der Waals surface area contributed by atoms with Crippen molar-refractivity contribution in [2.24, 2.45) is 5.92 Å². The van der Waals surface area contributed by atoms with Gasteiger partial charge in [-0.15, -0.1) is 0 Å². The molecule has 1 aliphatic rings. The average Bonchev–Trinajstić information content (AvgIpc) is 2.92. The molecule has 0 bridgehead atoms. The Balaban J connectivity index is 1.87. The van der Waals surface area contributed by atoms with Crippen molar-refractivity contribution in [1.29, 1.82) is 0 Å². The molecule has 0 radical (unpaired) electrons. The van der Waals surface area contributed by atoms with Crippen molar-refractivity contribution in [3.63, 3.8) is 0 Å². The molecule has 98 valence electrons. The first-order valence-electron chi connectivity index (χ1n) is 6.77. The van der Waals surface area contributed by atoms with Crippen LogP contribution in [0.15, 0.2) is 30.6 Å². The Kier molecular flexibility index (Phi) is 3.51. The molecule has 1 aliphatic heterocycles. The van der Waals surface area contributed by atoms with E-state index in [1.807, 2.05) is 31.3 Å². The van der Waals surface area contributed by atoms with Crippen LogP contribution in [0.3, 0.4) is 0 Å². The van der Waals surface area contributed by atoms with Crippen LogP contribution < -0.4 is 5.32 Å². The zero-order valence-corrected chi connectivity index (χ0v) is 11.1. The van der Waals surface area contributed by atoms with Crippen LogP contribution in [0.25, 0.3) is 11.3 Å². The van der Waals surface area contributed by atoms with Gasteiger partial charge in [-0.1, -0.05) is 0 Å². The molecule has 19 heavy (non-hydrogen) atoms. The molecule has 3 rings (SSSR count). The second-order valence-electron chi connectivity index (χ2n) is 5.12. The standard InChI is InChI=1S/C15H18N4/c1-11-7-14(13-3-2-5-16-10-13)19-15(18-11)8-12-4-6-17-9-12/h2-3,5,7,10,12,17H,4,6,8-9H2,1H3. The highest BCUT2D eigenvalue weighted by atomic mass is 14.9. The lowest BCUT2D eigenvalue weighted by Gasteiger charge is -2.09. The van der Waals surface area contributed by atoms with Crippen molar-refractivity contribution in [1.82, 2.24) is 20.3 Å². The highest BCUT2D eigenvalue weighted by Crippen LogP contribution is 2.19. The Labute approximate surface area is 113 Å². The lowest BCUT2D eigenvalue weighted by Crippen LogP contribution is -2.12. The summed E-state index contributed by atoms with van der Waals surface area (Å²) in [5.74, 6) is 1.62. The highest BCUT2D eigenvalue weighted by Gasteiger charge is 2.17. The normalized spacial score (nSPS) is 18.7. The maximum Gasteiger partial charge on any atom is 0.129 e. The van der Waals surface area contributed by atoms with E-state index in [1.54, 1.807) is 6.20 Å². The van der Waals surface area contributed by atoms with E-state index in [2.05, 4.69) is 20.3 Å². The van der Waals surface area contributed by atoms with Crippen LogP contribution in [0.5, 0.6) is 0 Å². The summed E-state index contributed by atoms with van der Waals surface area (Å²) in [7, 11) is 0. The smallest absolute Gasteiger partial charge is 0.129 e. The summed E-state index contributed by atoms with van der Waals surface area (Å²) in [6.45, 7) is 4.23. The van der Waals surface area contributed by atoms with E-state index in [9.17, 15) is 0 Å². The van der Waals surface area contributed by atoms with Gasteiger partial charge in [-0.3, -0.25) is 4.98 Å². The van der Waals surface area contributed by atoms with Crippen molar-refractivity contribution in [2.75, 3.05) is 13.1 Å². The van der Waals surface area contributed by atoms with E-state index in [1.165, 1.54) is 6.42 Å². The Hall–Kier alpha value is -1.81. The molecule has 0 amide bonds. The third-order valence-corrected chi connectivity index (χ3v) is 3.49. The number of aromatic nitrogens is 3. The van der Waals surface area contributed by atoms with Gasteiger partial charge in [-0.05, 0) is 50.6 Å². The maximum atomic E-state index is 4.69. The van der Waals surface area contributed by atoms with E-state index < -0.39 is 0 Å². The van der Waals surface area contributed by atoms with Crippen molar-refractivity contribution < 1.29 is 0 Å². The average molecular weight is 254 g/mol. The summed E-state index contributed by atoms with van der Waals surface area (Å²) < 4.78 is 0. The molecular weight excluding hydrogens is 236 g/mol. The number of aryl methyl sites for hydroxylation is 1. The zero-order valence-electron chi connectivity index (χ0n) is 11.1. The van der Waals surface area contributed by atoms with E-state index in [4.69, 9.17) is 0 Å². The molecule has 0 aromatic carbocycles. The van der Waals surface area contributed by atoms with Crippen LogP contribution in [0.4, 0.5) is 0 Å². The van der Waals surface area contributed by atoms with Crippen LogP contribution in [-0.2, 0) is 6.42 Å². The SMILES string of the molecule is Cc1cc(-c2cccnc2)nc(CC2CCNC2)n1. The molecule has 2 aromatic rings. The molecule has 4 nitrogen and oxygen atoms in total. The molecule has 0 spiro atoms. The van der Waals surface area contributed by atoms with Gasteiger partial charge in [0, 0.05) is 30.1 Å². The maximum absolute atomic E-state index is 4.69. The third kappa shape index (κ3) is 2.96. The van der Waals surface area contributed by atoms with Crippen molar-refractivity contribution >= 4 is 0 Å². The first kappa shape index (κ1) is 12.2. The lowest BCUT2D eigenvalue weighted by molar-refractivity contribution is 0.560. The van der Waals surface area contributed by atoms with Gasteiger partial charge < -0.3 is 5.32 Å². The minimum Gasteiger partial charge on any atom is -0.316 e. The van der Waals surface area contributed by atoms with Crippen molar-refractivity contribution in [2.45, 2.75) is 19.8 Å². The number of rotatable bonds is 3. The van der Waals surface area contributed by atoms with Crippen molar-refractivity contribution in [3.8, 4) is 11.3 Å². The number of hydrogen-bond acceptors (Lipinski definition) is 4. The Morgan fingerprint density at radius 1 is 1.37 bits per heavy atom. The summed E-state index contributed by atoms with van der Waals surface area (Å²) >= 11 is 0. The molecule has 0 saturated carbocycles. The molecule has 4 heteroatoms. The van der Waals surface area contributed by atoms with E-state index in [0.29, 0.717) is 5.92 Å². The minimum absolute atomic E-state index is 0.670. The second kappa shape index (κ2) is 5.45. The summed E-state index contributed by atoms with van der Waals surface area (Å²) in [5, 5.41) is 3.39. The van der Waals surface area contributed by atoms with E-state index >= 15 is 0 Å². The van der Waals surface area contributed by atoms with Crippen LogP contribution >= 0.6 is 0 Å². The predicted molar refractivity (Wildman–Crippen MR) is 74.7 cm³/mol. The molecule has 1 unspecified atom stereocenters. The largest absolute Gasteiger partial charge is 0.316 e. The van der Waals surface area contributed by atoms with Gasteiger partial charge in [0.2, 0.25) is 0 Å². The summed E-state index contributed by atoms with van der Waals surface area (Å²) in [4.78, 5) is 13.4. The molecule has 3 heterocycles. The number of hydrogen-bond donors (Lipinski definition) is 1. The Morgan fingerprint density at radius 3 is 3.05 bits per heavy atom. The number of pyridine rings is 1. The Bertz CT molecular complexity index is 547. The fourth-order valence-electron chi connectivity index (χ4n) is 2.53. The number of nitrogens with one attached hydrogen (secondary N) is 1. The van der Waals surface area contributed by atoms with Gasteiger partial charge >= 0.3 is 0 Å². The van der Waals surface area contributed by atoms with E-state index in [0.717, 1.165) is 42.3 Å². The van der Waals surface area contributed by atoms with Gasteiger partial charge in [0.1, 0.15) is 5.82 Å². The quantitative estimate of drug-likeness (QED) is 0.910. The fourth-order valence-corrected chi connectivity index (χ4v) is 2.53. The molecular formula is C15H18N4. The van der Waals surface area contributed by atoms with Crippen LogP contribution in [0.2, 0.25) is 0 Å². The van der Waals surface area contributed by atoms with Crippen LogP contribution in [0.1, 0.15) is 17.9 Å². The molecule has 0 aliphatic carbocycles. The molecule has 2 aromatic heterocycles. The lowest BCUT2D eigenvalue weighted by atomic mass is 10.0. The van der Waals surface area contributed by atoms with Gasteiger partial charge in [0.15, 0.2) is 0 Å². The first-order chi connectivity index (χ1) is 9.31. The Morgan fingerprint density at radius 2 is 2.32 bits per heavy atom. The molecule has 1 atom stereocenters. The minimum atomic E-state index is 0.670. The van der Waals surface area contributed by atoms with E-state index in [-0.39, 0.29) is 0 Å². The van der Waals surface area contributed by atoms with Gasteiger partial charge in [-0.2, -0.15) is 0 Å². The third-order valence-electron chi connectivity index (χ3n) is 3.49.